The molecule has 0 fully saturated rings. The van der Waals surface area contributed by atoms with Gasteiger partial charge in [0, 0.05) is 11.1 Å². The molecule has 0 heterocycles. The number of amides is 2. The first-order valence-electron chi connectivity index (χ1n) is 6.37. The van der Waals surface area contributed by atoms with E-state index in [1.807, 2.05) is 18.3 Å². The molecule has 118 valence electrons. The van der Waals surface area contributed by atoms with Crippen LogP contribution in [0.5, 0.6) is 0 Å². The van der Waals surface area contributed by atoms with Crippen molar-refractivity contribution in [2.24, 2.45) is 0 Å². The van der Waals surface area contributed by atoms with E-state index in [1.54, 1.807) is 12.1 Å². The first-order valence-corrected chi connectivity index (χ1v) is 6.75. The average Bonchev–Trinajstić information content (AvgIpc) is 2.48. The molecule has 1 atom stereocenters. The van der Waals surface area contributed by atoms with Crippen LogP contribution in [-0.2, 0) is 19.1 Å². The molecule has 0 radical (unpaired) electrons. The summed E-state index contributed by atoms with van der Waals surface area (Å²) in [5.41, 5.74) is 1.65. The Labute approximate surface area is 133 Å². The summed E-state index contributed by atoms with van der Waals surface area (Å²) in [5, 5.41) is 2.49. The van der Waals surface area contributed by atoms with Crippen molar-refractivity contribution in [3.8, 4) is 0 Å². The molecule has 0 bridgehead atoms. The highest BCUT2D eigenvalue weighted by Crippen LogP contribution is 2.17. The molecule has 7 heteroatoms. The van der Waals surface area contributed by atoms with Crippen LogP contribution in [0.15, 0.2) is 24.3 Å². The van der Waals surface area contributed by atoms with E-state index in [1.165, 1.54) is 19.1 Å². The van der Waals surface area contributed by atoms with Crippen LogP contribution in [0.1, 0.15) is 18.1 Å². The van der Waals surface area contributed by atoms with Crippen LogP contribution in [0, 0.1) is 6.92 Å². The third-order valence-electron chi connectivity index (χ3n) is 2.68. The molecule has 0 saturated carbocycles. The monoisotopic (exact) mass is 325 g/mol. The molecule has 1 N–H and O–H groups in total. The Bertz CT molecular complexity index is 612. The zero-order valence-corrected chi connectivity index (χ0v) is 13.1. The van der Waals surface area contributed by atoms with Crippen LogP contribution in [0.2, 0.25) is 5.02 Å². The average molecular weight is 326 g/mol. The summed E-state index contributed by atoms with van der Waals surface area (Å²) < 4.78 is 9.12. The van der Waals surface area contributed by atoms with Gasteiger partial charge < -0.3 is 9.47 Å². The highest BCUT2D eigenvalue weighted by atomic mass is 35.5. The van der Waals surface area contributed by atoms with Gasteiger partial charge in [-0.1, -0.05) is 23.7 Å². The Morgan fingerprint density at radius 3 is 2.59 bits per heavy atom. The van der Waals surface area contributed by atoms with Gasteiger partial charge in [-0.2, -0.15) is 0 Å². The number of carbonyl (C=O) groups excluding carboxylic acids is 3. The summed E-state index contributed by atoms with van der Waals surface area (Å²) in [5.74, 6) is -1.49. The maximum atomic E-state index is 11.6. The normalized spacial score (nSPS) is 11.8. The Kier molecular flexibility index (Phi) is 6.59. The van der Waals surface area contributed by atoms with Crippen molar-refractivity contribution in [2.45, 2.75) is 20.0 Å². The van der Waals surface area contributed by atoms with E-state index in [0.717, 1.165) is 18.2 Å². The number of hydrogen-bond acceptors (Lipinski definition) is 5. The standard InChI is InChI=1S/C15H16ClNO5/c1-9-4-5-11(8-12(9)16)6-7-13(18)22-10(2)14(19)17-15(20)21-3/h4-8,10H,1-3H3,(H,17,19,20)/b7-6+/t10-/m1/s1. The predicted octanol–water partition coefficient (Wildman–Crippen LogP) is 2.48. The smallest absolute Gasteiger partial charge is 0.413 e. The van der Waals surface area contributed by atoms with E-state index in [0.29, 0.717) is 5.02 Å². The van der Waals surface area contributed by atoms with Crippen molar-refractivity contribution in [1.29, 1.82) is 0 Å². The first-order chi connectivity index (χ1) is 10.3. The van der Waals surface area contributed by atoms with Gasteiger partial charge in [-0.25, -0.2) is 9.59 Å². The second-order valence-corrected chi connectivity index (χ2v) is 4.81. The number of methoxy groups -OCH3 is 1. The van der Waals surface area contributed by atoms with E-state index in [9.17, 15) is 14.4 Å². The number of halogens is 1. The van der Waals surface area contributed by atoms with Gasteiger partial charge in [-0.05, 0) is 37.1 Å². The lowest BCUT2D eigenvalue weighted by Crippen LogP contribution is -2.39. The van der Waals surface area contributed by atoms with Crippen molar-refractivity contribution in [2.75, 3.05) is 7.11 Å². The maximum absolute atomic E-state index is 11.6. The lowest BCUT2D eigenvalue weighted by Gasteiger charge is -2.10. The van der Waals surface area contributed by atoms with Crippen LogP contribution < -0.4 is 5.32 Å². The van der Waals surface area contributed by atoms with Gasteiger partial charge in [0.2, 0.25) is 0 Å². The van der Waals surface area contributed by atoms with Crippen molar-refractivity contribution in [1.82, 2.24) is 5.32 Å². The molecular weight excluding hydrogens is 310 g/mol. The second kappa shape index (κ2) is 8.19. The minimum absolute atomic E-state index is 0.585. The Balaban J connectivity index is 2.58. The number of imide groups is 1. The number of benzene rings is 1. The molecule has 0 unspecified atom stereocenters. The van der Waals surface area contributed by atoms with Crippen LogP contribution in [0.25, 0.3) is 6.08 Å². The molecule has 1 rings (SSSR count). The molecule has 1 aromatic rings. The number of esters is 1. The van der Waals surface area contributed by atoms with Gasteiger partial charge in [0.05, 0.1) is 7.11 Å². The highest BCUT2D eigenvalue weighted by molar-refractivity contribution is 6.31. The lowest BCUT2D eigenvalue weighted by atomic mass is 10.1. The van der Waals surface area contributed by atoms with Crippen LogP contribution >= 0.6 is 11.6 Å². The molecule has 2 amide bonds. The van der Waals surface area contributed by atoms with Gasteiger partial charge in [0.25, 0.3) is 5.91 Å². The summed E-state index contributed by atoms with van der Waals surface area (Å²) in [6, 6.07) is 5.31. The summed E-state index contributed by atoms with van der Waals surface area (Å²) in [4.78, 5) is 33.9. The Morgan fingerprint density at radius 1 is 1.32 bits per heavy atom. The second-order valence-electron chi connectivity index (χ2n) is 4.40. The molecule has 0 spiro atoms. The fourth-order valence-corrected chi connectivity index (χ4v) is 1.59. The van der Waals surface area contributed by atoms with Gasteiger partial charge in [0.1, 0.15) is 0 Å². The molecule has 0 aliphatic heterocycles. The van der Waals surface area contributed by atoms with Crippen molar-refractivity contribution < 1.29 is 23.9 Å². The van der Waals surface area contributed by atoms with E-state index in [-0.39, 0.29) is 0 Å². The topological polar surface area (TPSA) is 81.7 Å². The molecular formula is C15H16ClNO5. The third kappa shape index (κ3) is 5.57. The van der Waals surface area contributed by atoms with Crippen molar-refractivity contribution >= 4 is 35.6 Å². The number of ether oxygens (including phenoxy) is 2. The summed E-state index contributed by atoms with van der Waals surface area (Å²) >= 11 is 5.97. The van der Waals surface area contributed by atoms with E-state index in [2.05, 4.69) is 4.74 Å². The van der Waals surface area contributed by atoms with Gasteiger partial charge in [-0.15, -0.1) is 0 Å². The quantitative estimate of drug-likeness (QED) is 0.679. The lowest BCUT2D eigenvalue weighted by molar-refractivity contribution is -0.149. The SMILES string of the molecule is COC(=O)NC(=O)[C@@H](C)OC(=O)/C=C/c1ccc(C)c(Cl)c1. The number of rotatable bonds is 4. The first kappa shape index (κ1) is 17.7. The molecule has 0 aliphatic rings. The largest absolute Gasteiger partial charge is 0.453 e. The minimum atomic E-state index is -1.13. The Hall–Kier alpha value is -2.34. The molecule has 0 aliphatic carbocycles. The summed E-state index contributed by atoms with van der Waals surface area (Å²) in [6.45, 7) is 3.21. The number of nitrogens with one attached hydrogen (secondary N) is 1. The number of aryl methyl sites for hydroxylation is 1. The number of carbonyl (C=O) groups is 3. The van der Waals surface area contributed by atoms with Crippen LogP contribution in [-0.4, -0.2) is 31.2 Å². The molecule has 0 aromatic heterocycles. The van der Waals surface area contributed by atoms with E-state index in [4.69, 9.17) is 16.3 Å². The maximum Gasteiger partial charge on any atom is 0.413 e. The van der Waals surface area contributed by atoms with Crippen LogP contribution in [0.4, 0.5) is 4.79 Å². The highest BCUT2D eigenvalue weighted by Gasteiger charge is 2.18. The molecule has 1 aromatic carbocycles. The minimum Gasteiger partial charge on any atom is -0.453 e. The predicted molar refractivity (Wildman–Crippen MR) is 81.3 cm³/mol. The zero-order valence-electron chi connectivity index (χ0n) is 12.4. The van der Waals surface area contributed by atoms with Crippen molar-refractivity contribution in [3.63, 3.8) is 0 Å². The summed E-state index contributed by atoms with van der Waals surface area (Å²) in [6.07, 6.45) is 0.636. The molecule has 0 saturated heterocycles. The van der Waals surface area contributed by atoms with E-state index < -0.39 is 24.1 Å². The van der Waals surface area contributed by atoms with Gasteiger partial charge >= 0.3 is 12.1 Å². The summed E-state index contributed by atoms with van der Waals surface area (Å²) in [7, 11) is 1.12. The van der Waals surface area contributed by atoms with Gasteiger partial charge in [-0.3, -0.25) is 10.1 Å². The van der Waals surface area contributed by atoms with E-state index >= 15 is 0 Å². The zero-order chi connectivity index (χ0) is 16.7. The number of alkyl carbamates (subject to hydrolysis) is 1. The third-order valence-corrected chi connectivity index (χ3v) is 3.09. The fraction of sp³-hybridized carbons (Fsp3) is 0.267. The number of hydrogen-bond donors (Lipinski definition) is 1. The van der Waals surface area contributed by atoms with Gasteiger partial charge in [0.15, 0.2) is 6.10 Å². The Morgan fingerprint density at radius 2 is 2.00 bits per heavy atom. The van der Waals surface area contributed by atoms with Crippen molar-refractivity contribution in [3.05, 3.63) is 40.4 Å². The fourth-order valence-electron chi connectivity index (χ4n) is 1.40. The van der Waals surface area contributed by atoms with Crippen LogP contribution in [0.3, 0.4) is 0 Å². The molecule has 22 heavy (non-hydrogen) atoms. The molecule has 6 nitrogen and oxygen atoms in total.